The number of piperazine rings is 2. The first-order chi connectivity index (χ1) is 16.2. The van der Waals surface area contributed by atoms with Gasteiger partial charge in [-0.1, -0.05) is 42.5 Å². The number of carbonyl (C=O) groups is 2. The van der Waals surface area contributed by atoms with Gasteiger partial charge < -0.3 is 14.8 Å². The van der Waals surface area contributed by atoms with Gasteiger partial charge in [-0.05, 0) is 23.8 Å². The number of carbonyl (C=O) groups excluding carboxylic acids is 2. The zero-order chi connectivity index (χ0) is 22.4. The van der Waals surface area contributed by atoms with Gasteiger partial charge in [0.15, 0.2) is 0 Å². The summed E-state index contributed by atoms with van der Waals surface area (Å²) in [6.45, 7) is 3.11. The van der Waals surface area contributed by atoms with Gasteiger partial charge >= 0.3 is 0 Å². The molecule has 4 heterocycles. The number of nitrogens with zero attached hydrogens (tertiary/aromatic N) is 4. The van der Waals surface area contributed by atoms with E-state index in [4.69, 9.17) is 4.98 Å². The number of pyridine rings is 1. The summed E-state index contributed by atoms with van der Waals surface area (Å²) < 4.78 is 0. The highest BCUT2D eigenvalue weighted by molar-refractivity contribution is 5.95. The standard InChI is InChI=1S/C26H25N5O2/c32-25-17-30(15-20-10-9-18-5-1-3-7-22(18)28-20)26(33)24-16-29(11-12-31(24)25)14-19-13-27-23-8-4-2-6-21(19)23/h1-10,13,24,27H,11-12,14-17H2. The molecule has 0 radical (unpaired) electrons. The lowest BCUT2D eigenvalue weighted by Crippen LogP contribution is -2.66. The number of hydrogen-bond acceptors (Lipinski definition) is 4. The van der Waals surface area contributed by atoms with Crippen LogP contribution in [0.3, 0.4) is 0 Å². The molecule has 1 N–H and O–H groups in total. The molecule has 2 aromatic heterocycles. The molecule has 2 fully saturated rings. The maximum absolute atomic E-state index is 13.4. The zero-order valence-electron chi connectivity index (χ0n) is 18.3. The summed E-state index contributed by atoms with van der Waals surface area (Å²) in [5, 5.41) is 2.27. The van der Waals surface area contributed by atoms with Crippen LogP contribution in [-0.2, 0) is 22.7 Å². The molecule has 166 valence electrons. The highest BCUT2D eigenvalue weighted by Crippen LogP contribution is 2.24. The van der Waals surface area contributed by atoms with Crippen molar-refractivity contribution < 1.29 is 9.59 Å². The average molecular weight is 440 g/mol. The van der Waals surface area contributed by atoms with Crippen molar-refractivity contribution in [1.29, 1.82) is 0 Å². The minimum absolute atomic E-state index is 0.00758. The van der Waals surface area contributed by atoms with Crippen LogP contribution in [0.4, 0.5) is 0 Å². The number of aromatic amines is 1. The molecule has 0 spiro atoms. The number of nitrogens with one attached hydrogen (secondary N) is 1. The molecule has 33 heavy (non-hydrogen) atoms. The van der Waals surface area contributed by atoms with Gasteiger partial charge in [-0.15, -0.1) is 0 Å². The molecule has 2 amide bonds. The Bertz CT molecular complexity index is 1360. The first-order valence-corrected chi connectivity index (χ1v) is 11.4. The van der Waals surface area contributed by atoms with E-state index >= 15 is 0 Å². The number of para-hydroxylation sites is 2. The van der Waals surface area contributed by atoms with Crippen LogP contribution in [0, 0.1) is 0 Å². The van der Waals surface area contributed by atoms with Gasteiger partial charge in [-0.2, -0.15) is 0 Å². The quantitative estimate of drug-likeness (QED) is 0.531. The van der Waals surface area contributed by atoms with Crippen molar-refractivity contribution in [2.45, 2.75) is 19.1 Å². The molecule has 2 aliphatic rings. The van der Waals surface area contributed by atoms with Crippen molar-refractivity contribution in [1.82, 2.24) is 24.7 Å². The largest absolute Gasteiger partial charge is 0.361 e. The molecule has 6 rings (SSSR count). The fourth-order valence-electron chi connectivity index (χ4n) is 5.06. The normalized spacial score (nSPS) is 19.5. The average Bonchev–Trinajstić information content (AvgIpc) is 3.25. The number of aromatic nitrogens is 2. The van der Waals surface area contributed by atoms with Crippen LogP contribution >= 0.6 is 0 Å². The lowest BCUT2D eigenvalue weighted by Gasteiger charge is -2.46. The molecule has 0 aliphatic carbocycles. The Morgan fingerprint density at radius 3 is 2.73 bits per heavy atom. The summed E-state index contributed by atoms with van der Waals surface area (Å²) in [7, 11) is 0. The second-order valence-electron chi connectivity index (χ2n) is 8.89. The Morgan fingerprint density at radius 2 is 1.79 bits per heavy atom. The maximum Gasteiger partial charge on any atom is 0.247 e. The van der Waals surface area contributed by atoms with Gasteiger partial charge in [0.05, 0.1) is 17.8 Å². The predicted molar refractivity (Wildman–Crippen MR) is 126 cm³/mol. The number of rotatable bonds is 4. The minimum Gasteiger partial charge on any atom is -0.361 e. The van der Waals surface area contributed by atoms with Crippen molar-refractivity contribution in [3.05, 3.63) is 78.1 Å². The molecule has 2 aromatic carbocycles. The number of H-pyrrole nitrogens is 1. The van der Waals surface area contributed by atoms with E-state index in [2.05, 4.69) is 22.0 Å². The first-order valence-electron chi connectivity index (χ1n) is 11.4. The van der Waals surface area contributed by atoms with Gasteiger partial charge in [0.1, 0.15) is 12.6 Å². The van der Waals surface area contributed by atoms with Crippen LogP contribution in [0.5, 0.6) is 0 Å². The van der Waals surface area contributed by atoms with Crippen molar-refractivity contribution in [2.24, 2.45) is 0 Å². The summed E-state index contributed by atoms with van der Waals surface area (Å²) >= 11 is 0. The van der Waals surface area contributed by atoms with Crippen LogP contribution in [0.1, 0.15) is 11.3 Å². The Morgan fingerprint density at radius 1 is 0.939 bits per heavy atom. The lowest BCUT2D eigenvalue weighted by molar-refractivity contribution is -0.160. The summed E-state index contributed by atoms with van der Waals surface area (Å²) in [6.07, 6.45) is 2.04. The third-order valence-corrected chi connectivity index (χ3v) is 6.79. The Kier molecular flexibility index (Phi) is 4.84. The van der Waals surface area contributed by atoms with E-state index in [9.17, 15) is 9.59 Å². The molecular weight excluding hydrogens is 414 g/mol. The van der Waals surface area contributed by atoms with Crippen molar-refractivity contribution in [3.8, 4) is 0 Å². The zero-order valence-corrected chi connectivity index (χ0v) is 18.3. The lowest BCUT2D eigenvalue weighted by atomic mass is 10.1. The van der Waals surface area contributed by atoms with Gasteiger partial charge in [0, 0.05) is 48.7 Å². The molecule has 7 nitrogen and oxygen atoms in total. The van der Waals surface area contributed by atoms with E-state index in [0.717, 1.165) is 35.2 Å². The molecule has 2 saturated heterocycles. The number of hydrogen-bond donors (Lipinski definition) is 1. The SMILES string of the molecule is O=C1C2CN(Cc3c[nH]c4ccccc34)CCN2C(=O)CN1Cc1ccc2ccccc2n1. The van der Waals surface area contributed by atoms with Crippen LogP contribution in [0.15, 0.2) is 66.9 Å². The molecule has 0 saturated carbocycles. The summed E-state index contributed by atoms with van der Waals surface area (Å²) in [5.41, 5.74) is 4.03. The first kappa shape index (κ1) is 19.9. The third kappa shape index (κ3) is 3.64. The number of amides is 2. The van der Waals surface area contributed by atoms with Crippen LogP contribution in [0.2, 0.25) is 0 Å². The van der Waals surface area contributed by atoms with E-state index in [1.807, 2.05) is 54.7 Å². The van der Waals surface area contributed by atoms with E-state index < -0.39 is 6.04 Å². The van der Waals surface area contributed by atoms with Gasteiger partial charge in [0.2, 0.25) is 11.8 Å². The number of benzene rings is 2. The maximum atomic E-state index is 13.4. The van der Waals surface area contributed by atoms with E-state index in [1.165, 1.54) is 10.9 Å². The van der Waals surface area contributed by atoms with E-state index in [-0.39, 0.29) is 18.4 Å². The Balaban J connectivity index is 1.19. The Hall–Kier alpha value is -3.71. The highest BCUT2D eigenvalue weighted by atomic mass is 16.2. The number of fused-ring (bicyclic) bond motifs is 3. The molecule has 1 unspecified atom stereocenters. The predicted octanol–water partition coefficient (Wildman–Crippen LogP) is 2.77. The summed E-state index contributed by atoms with van der Waals surface area (Å²) in [5.74, 6) is 0.0281. The highest BCUT2D eigenvalue weighted by Gasteiger charge is 2.42. The fraction of sp³-hybridized carbons (Fsp3) is 0.269. The Labute approximate surface area is 191 Å². The monoisotopic (exact) mass is 439 g/mol. The molecular formula is C26H25N5O2. The topological polar surface area (TPSA) is 72.5 Å². The summed E-state index contributed by atoms with van der Waals surface area (Å²) in [4.78, 5) is 40.0. The van der Waals surface area contributed by atoms with E-state index in [0.29, 0.717) is 19.6 Å². The second-order valence-corrected chi connectivity index (χ2v) is 8.89. The van der Waals surface area contributed by atoms with Crippen LogP contribution < -0.4 is 0 Å². The van der Waals surface area contributed by atoms with Gasteiger partial charge in [-0.25, -0.2) is 0 Å². The third-order valence-electron chi connectivity index (χ3n) is 6.79. The van der Waals surface area contributed by atoms with E-state index in [1.54, 1.807) is 9.80 Å². The molecule has 1 atom stereocenters. The van der Waals surface area contributed by atoms with Crippen molar-refractivity contribution in [3.63, 3.8) is 0 Å². The fourth-order valence-corrected chi connectivity index (χ4v) is 5.06. The van der Waals surface area contributed by atoms with Crippen LogP contribution in [0.25, 0.3) is 21.8 Å². The van der Waals surface area contributed by atoms with Crippen molar-refractivity contribution >= 4 is 33.6 Å². The smallest absolute Gasteiger partial charge is 0.247 e. The molecule has 4 aromatic rings. The van der Waals surface area contributed by atoms with Gasteiger partial charge in [0.25, 0.3) is 0 Å². The molecule has 7 heteroatoms. The summed E-state index contributed by atoms with van der Waals surface area (Å²) in [6, 6.07) is 19.7. The molecule has 2 aliphatic heterocycles. The van der Waals surface area contributed by atoms with Crippen molar-refractivity contribution in [2.75, 3.05) is 26.2 Å². The molecule has 0 bridgehead atoms. The second kappa shape index (κ2) is 8.01. The van der Waals surface area contributed by atoms with Gasteiger partial charge in [-0.3, -0.25) is 19.5 Å². The van der Waals surface area contributed by atoms with Crippen LogP contribution in [-0.4, -0.2) is 68.7 Å². The minimum atomic E-state index is -0.439.